The summed E-state index contributed by atoms with van der Waals surface area (Å²) in [6.45, 7) is 7.47. The number of rotatable bonds is 5. The second-order valence-corrected chi connectivity index (χ2v) is 3.68. The van der Waals surface area contributed by atoms with Crippen molar-refractivity contribution in [1.29, 1.82) is 0 Å². The van der Waals surface area contributed by atoms with Crippen molar-refractivity contribution in [3.8, 4) is 0 Å². The van der Waals surface area contributed by atoms with E-state index in [1.807, 2.05) is 0 Å². The highest BCUT2D eigenvalue weighted by Crippen LogP contribution is 2.19. The molecule has 0 heterocycles. The minimum absolute atomic E-state index is 0.408. The molecule has 0 aromatic rings. The number of alkyl halides is 1. The largest absolute Gasteiger partial charge is 0.253 e. The molecule has 0 saturated carbocycles. The molecule has 74 valence electrons. The fourth-order valence-corrected chi connectivity index (χ4v) is 1.36. The average Bonchev–Trinajstić information content (AvgIpc) is 2.09. The van der Waals surface area contributed by atoms with Crippen LogP contribution in [-0.2, 0) is 0 Å². The topological polar surface area (TPSA) is 24.7 Å². The van der Waals surface area contributed by atoms with Gasteiger partial charge in [0.1, 0.15) is 11.5 Å². The Hall–Kier alpha value is -0.340. The Kier molecular flexibility index (Phi) is 6.92. The Morgan fingerprint density at radius 2 is 2.15 bits per heavy atom. The van der Waals surface area contributed by atoms with E-state index < -0.39 is 0 Å². The fraction of sp³-hybridized carbons (Fsp3) is 0.556. The molecule has 0 aromatic carbocycles. The van der Waals surface area contributed by atoms with Gasteiger partial charge in [-0.25, -0.2) is 4.99 Å². The normalized spacial score (nSPS) is 13.6. The quantitative estimate of drug-likeness (QED) is 0.294. The van der Waals surface area contributed by atoms with Crippen LogP contribution in [0.4, 0.5) is 0 Å². The van der Waals surface area contributed by atoms with Gasteiger partial charge >= 0.3 is 0 Å². The van der Waals surface area contributed by atoms with Crippen molar-refractivity contribution in [2.24, 2.45) is 15.9 Å². The Balaban J connectivity index is 4.47. The minimum Gasteiger partial charge on any atom is -0.253 e. The number of nitrogens with zero attached hydrogens (tertiary/aromatic N) is 2. The van der Waals surface area contributed by atoms with E-state index in [-0.39, 0.29) is 0 Å². The molecule has 0 aromatic heterocycles. The molecule has 0 aliphatic rings. The lowest BCUT2D eigenvalue weighted by atomic mass is 10.1. The predicted molar refractivity (Wildman–Crippen MR) is 61.1 cm³/mol. The van der Waals surface area contributed by atoms with Gasteiger partial charge in [0.15, 0.2) is 0 Å². The third-order valence-corrected chi connectivity index (χ3v) is 2.05. The van der Waals surface area contributed by atoms with Gasteiger partial charge in [-0.1, -0.05) is 25.4 Å². The first-order valence-corrected chi connectivity index (χ1v) is 4.95. The summed E-state index contributed by atoms with van der Waals surface area (Å²) in [6, 6.07) is 0. The van der Waals surface area contributed by atoms with Crippen LogP contribution in [0, 0.1) is 5.92 Å². The maximum atomic E-state index is 5.88. The lowest BCUT2D eigenvalue weighted by molar-refractivity contribution is 0.641. The van der Waals surface area contributed by atoms with Crippen LogP contribution in [0.5, 0.6) is 0 Å². The van der Waals surface area contributed by atoms with Gasteiger partial charge in [-0.2, -0.15) is 0 Å². The zero-order valence-electron chi connectivity index (χ0n) is 7.93. The lowest BCUT2D eigenvalue weighted by Crippen LogP contribution is -1.95. The third kappa shape index (κ3) is 5.83. The summed E-state index contributed by atoms with van der Waals surface area (Å²) >= 11 is 11.6. The molecule has 0 amide bonds. The van der Waals surface area contributed by atoms with Crippen LogP contribution in [0.15, 0.2) is 20.7 Å². The van der Waals surface area contributed by atoms with Crippen molar-refractivity contribution in [2.75, 3.05) is 5.88 Å². The lowest BCUT2D eigenvalue weighted by Gasteiger charge is -2.06. The van der Waals surface area contributed by atoms with E-state index in [4.69, 9.17) is 23.2 Å². The molecule has 0 spiro atoms. The first kappa shape index (κ1) is 12.7. The summed E-state index contributed by atoms with van der Waals surface area (Å²) in [5.41, 5.74) is 0.943. The molecular formula is C9H14Cl2N2. The van der Waals surface area contributed by atoms with Gasteiger partial charge in [0.05, 0.1) is 0 Å². The molecule has 4 heteroatoms. The van der Waals surface area contributed by atoms with Crippen LogP contribution in [0.2, 0.25) is 0 Å². The maximum absolute atomic E-state index is 5.88. The molecule has 0 fully saturated rings. The first-order chi connectivity index (χ1) is 6.11. The van der Waals surface area contributed by atoms with Gasteiger partial charge in [0.2, 0.25) is 0 Å². The highest BCUT2D eigenvalue weighted by molar-refractivity contribution is 6.31. The van der Waals surface area contributed by atoms with Gasteiger partial charge in [0, 0.05) is 5.88 Å². The standard InChI is InChI=1S/C9H14Cl2N2/c1-7(2)4-8(5-10)9(11)13-6-12-3/h6-7H,3-5H2,1-2H3/b9-8-,13-6?. The molecule has 0 atom stereocenters. The Labute approximate surface area is 89.4 Å². The van der Waals surface area contributed by atoms with Crippen molar-refractivity contribution in [2.45, 2.75) is 20.3 Å². The molecule has 0 rings (SSSR count). The van der Waals surface area contributed by atoms with Crippen molar-refractivity contribution >= 4 is 36.3 Å². The van der Waals surface area contributed by atoms with Crippen LogP contribution in [0.1, 0.15) is 20.3 Å². The smallest absolute Gasteiger partial charge is 0.131 e. The van der Waals surface area contributed by atoms with Crippen molar-refractivity contribution in [3.05, 3.63) is 10.7 Å². The number of allylic oxidation sites excluding steroid dienone is 1. The van der Waals surface area contributed by atoms with Crippen molar-refractivity contribution in [1.82, 2.24) is 0 Å². The summed E-state index contributed by atoms with van der Waals surface area (Å²) in [7, 11) is 0. The molecule has 0 radical (unpaired) electrons. The SMILES string of the molecule is C=NC=N/C(Cl)=C(\CCl)CC(C)C. The number of hydrogen-bond donors (Lipinski definition) is 0. The zero-order chi connectivity index (χ0) is 10.3. The molecule has 2 nitrogen and oxygen atoms in total. The molecule has 0 aliphatic carbocycles. The van der Waals surface area contributed by atoms with E-state index in [0.29, 0.717) is 17.0 Å². The van der Waals surface area contributed by atoms with Crippen molar-refractivity contribution < 1.29 is 0 Å². The Bertz CT molecular complexity index is 220. The number of aliphatic imine (C=N–C) groups is 2. The van der Waals surface area contributed by atoms with Gasteiger partial charge in [-0.3, -0.25) is 4.99 Å². The highest BCUT2D eigenvalue weighted by atomic mass is 35.5. The second-order valence-electron chi connectivity index (χ2n) is 3.05. The molecule has 0 unspecified atom stereocenters. The van der Waals surface area contributed by atoms with Gasteiger partial charge in [-0.05, 0) is 24.6 Å². The molecule has 0 N–H and O–H groups in total. The Morgan fingerprint density at radius 1 is 1.54 bits per heavy atom. The average molecular weight is 221 g/mol. The molecule has 13 heavy (non-hydrogen) atoms. The summed E-state index contributed by atoms with van der Waals surface area (Å²) in [5, 5.41) is 0.427. The Morgan fingerprint density at radius 3 is 2.54 bits per heavy atom. The zero-order valence-corrected chi connectivity index (χ0v) is 9.44. The summed E-state index contributed by atoms with van der Waals surface area (Å²) < 4.78 is 0. The predicted octanol–water partition coefficient (Wildman–Crippen LogP) is 3.45. The van der Waals surface area contributed by atoms with E-state index in [1.165, 1.54) is 6.34 Å². The summed E-state index contributed by atoms with van der Waals surface area (Å²) in [4.78, 5) is 7.34. The molecule has 0 bridgehead atoms. The number of halogens is 2. The maximum Gasteiger partial charge on any atom is 0.131 e. The van der Waals surface area contributed by atoms with Crippen LogP contribution >= 0.6 is 23.2 Å². The highest BCUT2D eigenvalue weighted by Gasteiger charge is 2.04. The molecule has 0 saturated heterocycles. The van der Waals surface area contributed by atoms with Gasteiger partial charge in [0.25, 0.3) is 0 Å². The van der Waals surface area contributed by atoms with E-state index >= 15 is 0 Å². The molecule has 0 aliphatic heterocycles. The van der Waals surface area contributed by atoms with E-state index in [9.17, 15) is 0 Å². The van der Waals surface area contributed by atoms with E-state index in [0.717, 1.165) is 12.0 Å². The van der Waals surface area contributed by atoms with Crippen LogP contribution in [0.25, 0.3) is 0 Å². The molecular weight excluding hydrogens is 207 g/mol. The van der Waals surface area contributed by atoms with Crippen LogP contribution in [0.3, 0.4) is 0 Å². The van der Waals surface area contributed by atoms with E-state index in [1.54, 1.807) is 0 Å². The van der Waals surface area contributed by atoms with Crippen LogP contribution < -0.4 is 0 Å². The monoisotopic (exact) mass is 220 g/mol. The van der Waals surface area contributed by atoms with E-state index in [2.05, 4.69) is 30.5 Å². The van der Waals surface area contributed by atoms with Gasteiger partial charge < -0.3 is 0 Å². The minimum atomic E-state index is 0.408. The van der Waals surface area contributed by atoms with Crippen molar-refractivity contribution in [3.63, 3.8) is 0 Å². The fourth-order valence-electron chi connectivity index (χ4n) is 0.870. The summed E-state index contributed by atoms with van der Waals surface area (Å²) in [5.74, 6) is 0.931. The first-order valence-electron chi connectivity index (χ1n) is 4.03. The second kappa shape index (κ2) is 7.10. The summed E-state index contributed by atoms with van der Waals surface area (Å²) in [6.07, 6.45) is 2.17. The number of hydrogen-bond acceptors (Lipinski definition) is 1. The third-order valence-electron chi connectivity index (χ3n) is 1.36. The van der Waals surface area contributed by atoms with Crippen LogP contribution in [-0.4, -0.2) is 18.9 Å². The van der Waals surface area contributed by atoms with Gasteiger partial charge in [-0.15, -0.1) is 11.6 Å².